The van der Waals surface area contributed by atoms with Gasteiger partial charge in [0, 0.05) is 19.1 Å². The van der Waals surface area contributed by atoms with E-state index >= 15 is 0 Å². The Bertz CT molecular complexity index is 449. The molecule has 2 N–H and O–H groups in total. The first-order valence-corrected chi connectivity index (χ1v) is 9.17. The van der Waals surface area contributed by atoms with E-state index in [1.807, 2.05) is 6.92 Å². The molecule has 7 heteroatoms. The third kappa shape index (κ3) is 3.71. The van der Waals surface area contributed by atoms with E-state index in [1.54, 1.807) is 0 Å². The number of rotatable bonds is 3. The molecule has 2 heterocycles. The highest BCUT2D eigenvalue weighted by atomic mass is 32.2. The van der Waals surface area contributed by atoms with Gasteiger partial charge in [0.1, 0.15) is 0 Å². The molecule has 2 aliphatic rings. The molecule has 1 atom stereocenters. The molecule has 0 saturated carbocycles. The number of hydrogen-bond donors (Lipinski definition) is 2. The van der Waals surface area contributed by atoms with Gasteiger partial charge in [-0.3, -0.25) is 4.79 Å². The van der Waals surface area contributed by atoms with Gasteiger partial charge in [0.2, 0.25) is 15.9 Å². The molecule has 2 fully saturated rings. The molecule has 1 unspecified atom stereocenters. The van der Waals surface area contributed by atoms with Crippen LogP contribution in [0, 0.1) is 0 Å². The Morgan fingerprint density at radius 1 is 1.30 bits per heavy atom. The second-order valence-electron chi connectivity index (χ2n) is 6.13. The average Bonchev–Trinajstić information content (AvgIpc) is 2.39. The summed E-state index contributed by atoms with van der Waals surface area (Å²) in [5.41, 5.74) is -0.466. The summed E-state index contributed by atoms with van der Waals surface area (Å²) in [6.07, 6.45) is 5.67. The Morgan fingerprint density at radius 2 is 1.95 bits per heavy atom. The van der Waals surface area contributed by atoms with Gasteiger partial charge in [0.05, 0.1) is 11.8 Å². The number of amides is 1. The van der Waals surface area contributed by atoms with Gasteiger partial charge in [-0.25, -0.2) is 12.7 Å². The van der Waals surface area contributed by atoms with Crippen molar-refractivity contribution in [2.75, 3.05) is 25.9 Å². The first-order chi connectivity index (χ1) is 9.31. The maximum Gasteiger partial charge on any atom is 0.240 e. The van der Waals surface area contributed by atoms with Crippen LogP contribution in [0.2, 0.25) is 0 Å². The second kappa shape index (κ2) is 5.99. The monoisotopic (exact) mass is 303 g/mol. The third-order valence-corrected chi connectivity index (χ3v) is 5.68. The van der Waals surface area contributed by atoms with Crippen molar-refractivity contribution in [1.82, 2.24) is 14.9 Å². The normalized spacial score (nSPS) is 30.1. The fraction of sp³-hybridized carbons (Fsp3) is 0.923. The van der Waals surface area contributed by atoms with Crippen LogP contribution in [0.25, 0.3) is 0 Å². The summed E-state index contributed by atoms with van der Waals surface area (Å²) in [5.74, 6) is 0.0509. The summed E-state index contributed by atoms with van der Waals surface area (Å²) in [7, 11) is -3.10. The van der Waals surface area contributed by atoms with Crippen LogP contribution in [0.15, 0.2) is 0 Å². The van der Waals surface area contributed by atoms with Gasteiger partial charge in [-0.2, -0.15) is 0 Å². The number of nitrogens with one attached hydrogen (secondary N) is 2. The van der Waals surface area contributed by atoms with Crippen molar-refractivity contribution in [3.63, 3.8) is 0 Å². The Labute approximate surface area is 121 Å². The molecule has 0 aliphatic carbocycles. The minimum Gasteiger partial charge on any atom is -0.352 e. The van der Waals surface area contributed by atoms with Crippen LogP contribution in [0.4, 0.5) is 0 Å². The Balaban J connectivity index is 1.85. The van der Waals surface area contributed by atoms with E-state index in [-0.39, 0.29) is 11.9 Å². The quantitative estimate of drug-likeness (QED) is 0.773. The first kappa shape index (κ1) is 15.7. The molecule has 2 saturated heterocycles. The van der Waals surface area contributed by atoms with Crippen molar-refractivity contribution in [3.8, 4) is 0 Å². The van der Waals surface area contributed by atoms with E-state index in [0.29, 0.717) is 25.9 Å². The van der Waals surface area contributed by atoms with Crippen LogP contribution < -0.4 is 10.6 Å². The lowest BCUT2D eigenvalue weighted by Gasteiger charge is -2.37. The lowest BCUT2D eigenvalue weighted by Crippen LogP contribution is -2.59. The van der Waals surface area contributed by atoms with Gasteiger partial charge in [-0.1, -0.05) is 0 Å². The predicted octanol–water partition coefficient (Wildman–Crippen LogP) is 0.0588. The van der Waals surface area contributed by atoms with Gasteiger partial charge in [0.15, 0.2) is 0 Å². The zero-order chi connectivity index (χ0) is 14.8. The molecular weight excluding hydrogens is 278 g/mol. The Morgan fingerprint density at radius 3 is 2.45 bits per heavy atom. The van der Waals surface area contributed by atoms with E-state index < -0.39 is 15.6 Å². The van der Waals surface area contributed by atoms with Gasteiger partial charge in [-0.05, 0) is 45.6 Å². The highest BCUT2D eigenvalue weighted by Gasteiger charge is 2.36. The van der Waals surface area contributed by atoms with Crippen molar-refractivity contribution in [2.24, 2.45) is 0 Å². The standard InChI is InChI=1S/C13H25N3O3S/c1-13(7-3-4-8-14-13)12(17)15-11-5-9-16(10-6-11)20(2,18)19/h11,14H,3-10H2,1-2H3,(H,15,17). The summed E-state index contributed by atoms with van der Waals surface area (Å²) >= 11 is 0. The molecule has 2 rings (SSSR count). The molecule has 0 aromatic carbocycles. The molecule has 116 valence electrons. The minimum absolute atomic E-state index is 0.0509. The highest BCUT2D eigenvalue weighted by molar-refractivity contribution is 7.88. The molecule has 0 radical (unpaired) electrons. The Kier molecular flexibility index (Phi) is 4.71. The van der Waals surface area contributed by atoms with Crippen molar-refractivity contribution < 1.29 is 13.2 Å². The summed E-state index contributed by atoms with van der Waals surface area (Å²) in [4.78, 5) is 12.4. The lowest BCUT2D eigenvalue weighted by molar-refractivity contribution is -0.128. The van der Waals surface area contributed by atoms with Crippen LogP contribution in [0.1, 0.15) is 39.0 Å². The largest absolute Gasteiger partial charge is 0.352 e. The van der Waals surface area contributed by atoms with E-state index in [4.69, 9.17) is 0 Å². The maximum atomic E-state index is 12.4. The summed E-state index contributed by atoms with van der Waals surface area (Å²) < 4.78 is 24.4. The van der Waals surface area contributed by atoms with E-state index in [1.165, 1.54) is 10.6 Å². The van der Waals surface area contributed by atoms with E-state index in [0.717, 1.165) is 25.8 Å². The third-order valence-electron chi connectivity index (χ3n) is 4.38. The fourth-order valence-electron chi connectivity index (χ4n) is 2.93. The topological polar surface area (TPSA) is 78.5 Å². The van der Waals surface area contributed by atoms with Crippen molar-refractivity contribution in [3.05, 3.63) is 0 Å². The highest BCUT2D eigenvalue weighted by Crippen LogP contribution is 2.20. The van der Waals surface area contributed by atoms with Crippen LogP contribution in [0.5, 0.6) is 0 Å². The molecule has 20 heavy (non-hydrogen) atoms. The van der Waals surface area contributed by atoms with Gasteiger partial charge in [-0.15, -0.1) is 0 Å². The molecule has 6 nitrogen and oxygen atoms in total. The summed E-state index contributed by atoms with van der Waals surface area (Å²) in [6.45, 7) is 3.82. The number of carbonyl (C=O) groups excluding carboxylic acids is 1. The van der Waals surface area contributed by atoms with Crippen molar-refractivity contribution in [1.29, 1.82) is 0 Å². The van der Waals surface area contributed by atoms with Gasteiger partial charge in [0.25, 0.3) is 0 Å². The number of nitrogens with zero attached hydrogens (tertiary/aromatic N) is 1. The second-order valence-corrected chi connectivity index (χ2v) is 8.11. The van der Waals surface area contributed by atoms with Crippen LogP contribution >= 0.6 is 0 Å². The van der Waals surface area contributed by atoms with Crippen LogP contribution in [-0.4, -0.2) is 56.1 Å². The Hall–Kier alpha value is -0.660. The van der Waals surface area contributed by atoms with Gasteiger partial charge >= 0.3 is 0 Å². The number of carbonyl (C=O) groups is 1. The maximum absolute atomic E-state index is 12.4. The smallest absolute Gasteiger partial charge is 0.240 e. The van der Waals surface area contributed by atoms with Crippen LogP contribution in [0.3, 0.4) is 0 Å². The average molecular weight is 303 g/mol. The van der Waals surface area contributed by atoms with Gasteiger partial charge < -0.3 is 10.6 Å². The van der Waals surface area contributed by atoms with E-state index in [9.17, 15) is 13.2 Å². The molecule has 0 spiro atoms. The number of hydrogen-bond acceptors (Lipinski definition) is 4. The first-order valence-electron chi connectivity index (χ1n) is 7.32. The van der Waals surface area contributed by atoms with E-state index in [2.05, 4.69) is 10.6 Å². The lowest BCUT2D eigenvalue weighted by atomic mass is 9.89. The zero-order valence-electron chi connectivity index (χ0n) is 12.3. The van der Waals surface area contributed by atoms with Crippen molar-refractivity contribution in [2.45, 2.75) is 50.6 Å². The zero-order valence-corrected chi connectivity index (χ0v) is 13.1. The molecule has 2 aliphatic heterocycles. The molecule has 0 bridgehead atoms. The van der Waals surface area contributed by atoms with Crippen molar-refractivity contribution >= 4 is 15.9 Å². The van der Waals surface area contributed by atoms with Crippen LogP contribution in [-0.2, 0) is 14.8 Å². The molecular formula is C13H25N3O3S. The molecule has 1 amide bonds. The fourth-order valence-corrected chi connectivity index (χ4v) is 3.80. The molecule has 0 aromatic rings. The minimum atomic E-state index is -3.10. The number of sulfonamides is 1. The SMILES string of the molecule is CC1(C(=O)NC2CCN(S(C)(=O)=O)CC2)CCCCN1. The predicted molar refractivity (Wildman–Crippen MR) is 77.8 cm³/mol. The molecule has 0 aromatic heterocycles. The number of piperidine rings is 2. The summed E-state index contributed by atoms with van der Waals surface area (Å²) in [6, 6.07) is 0.0843. The summed E-state index contributed by atoms with van der Waals surface area (Å²) in [5, 5.41) is 6.38.